The summed E-state index contributed by atoms with van der Waals surface area (Å²) in [6.45, 7) is 4.93. The number of benzene rings is 3. The van der Waals surface area contributed by atoms with Crippen molar-refractivity contribution in [2.75, 3.05) is 70.0 Å². The van der Waals surface area contributed by atoms with Crippen LogP contribution in [0, 0.1) is 24.7 Å². The number of rotatable bonds is 24. The predicted octanol–water partition coefficient (Wildman–Crippen LogP) is 8.00. The second kappa shape index (κ2) is 35.4. The molecule has 2 unspecified atom stereocenters. The first-order valence-corrected chi connectivity index (χ1v) is 43.9. The van der Waals surface area contributed by atoms with E-state index in [4.69, 9.17) is 38.6 Å². The molecule has 9 heterocycles. The zero-order chi connectivity index (χ0) is 80.4. The number of halogens is 2. The summed E-state index contributed by atoms with van der Waals surface area (Å²) in [5.74, 6) is -0.783. The number of fused-ring (bicyclic) bond motifs is 3. The number of aliphatic hydroxyl groups excluding tert-OH is 3. The summed E-state index contributed by atoms with van der Waals surface area (Å²) in [6.07, 6.45) is 10.4. The first-order valence-electron chi connectivity index (χ1n) is 36.2. The Labute approximate surface area is 676 Å². The molecule has 15 rings (SSSR count). The van der Waals surface area contributed by atoms with Crippen molar-refractivity contribution < 1.29 is 67.5 Å². The molecule has 12 N–H and O–H groups in total. The Bertz CT molecular complexity index is 5370. The van der Waals surface area contributed by atoms with Gasteiger partial charge in [0.25, 0.3) is 0 Å². The van der Waals surface area contributed by atoms with Crippen molar-refractivity contribution in [2.45, 2.75) is 120 Å². The van der Waals surface area contributed by atoms with Gasteiger partial charge in [-0.2, -0.15) is 25.3 Å². The zero-order valence-electron chi connectivity index (χ0n) is 61.7. The third kappa shape index (κ3) is 20.3. The number of hydrogen-bond acceptors (Lipinski definition) is 30. The molecule has 0 saturated heterocycles. The molecule has 38 heteroatoms. The molecule has 6 aromatic heterocycles. The normalized spacial score (nSPS) is 23.1. The maximum atomic E-state index is 13.7. The number of aliphatic hydroxyl groups is 3. The average molecular weight is 1700 g/mol. The number of carbonyl (C=O) groups is 3. The van der Waals surface area contributed by atoms with E-state index in [0.29, 0.717) is 97.3 Å². The third-order valence-corrected chi connectivity index (χ3v) is 26.2. The van der Waals surface area contributed by atoms with E-state index < -0.39 is 67.0 Å². The summed E-state index contributed by atoms with van der Waals surface area (Å²) in [4.78, 5) is 75.3. The van der Waals surface area contributed by atoms with Gasteiger partial charge in [0.1, 0.15) is 36.4 Å². The summed E-state index contributed by atoms with van der Waals surface area (Å²) in [6, 6.07) is 23.5. The summed E-state index contributed by atoms with van der Waals surface area (Å²) in [5, 5.41) is 60.8. The molecule has 3 fully saturated rings. The van der Waals surface area contributed by atoms with E-state index in [2.05, 4.69) is 119 Å². The Hall–Kier alpha value is -7.64. The molecular formula is C75H85Cl2N15O15S6. The van der Waals surface area contributed by atoms with Crippen molar-refractivity contribution in [3.05, 3.63) is 212 Å². The Balaban J connectivity index is 0.000000148. The van der Waals surface area contributed by atoms with Gasteiger partial charge in [0.15, 0.2) is 0 Å². The van der Waals surface area contributed by atoms with Crippen molar-refractivity contribution >= 4 is 123 Å². The monoisotopic (exact) mass is 1700 g/mol. The van der Waals surface area contributed by atoms with E-state index in [1.807, 2.05) is 66.2 Å². The Kier molecular flexibility index (Phi) is 26.1. The van der Waals surface area contributed by atoms with E-state index in [0.717, 1.165) is 71.7 Å². The fourth-order valence-electron chi connectivity index (χ4n) is 15.8. The van der Waals surface area contributed by atoms with Crippen LogP contribution < -0.4 is 31.4 Å². The van der Waals surface area contributed by atoms with Gasteiger partial charge in [-0.25, -0.2) is 45.3 Å². The molecule has 3 aliphatic heterocycles. The van der Waals surface area contributed by atoms with E-state index >= 15 is 0 Å². The number of aromatic nitrogens is 6. The van der Waals surface area contributed by atoms with Crippen molar-refractivity contribution in [3.8, 4) is 11.1 Å². The van der Waals surface area contributed by atoms with Crippen LogP contribution in [0.1, 0.15) is 146 Å². The lowest BCUT2D eigenvalue weighted by atomic mass is 9.88. The Morgan fingerprint density at radius 3 is 1.56 bits per heavy atom. The van der Waals surface area contributed by atoms with Crippen LogP contribution in [0.3, 0.4) is 0 Å². The number of ketones is 3. The fourth-order valence-corrected chi connectivity index (χ4v) is 20.1. The van der Waals surface area contributed by atoms with Crippen LogP contribution in [0.5, 0.6) is 0 Å². The number of anilines is 3. The Morgan fingerprint density at radius 1 is 0.540 bits per heavy atom. The molecule has 0 bridgehead atoms. The summed E-state index contributed by atoms with van der Waals surface area (Å²) in [7, 11) is -6.03. The molecule has 0 amide bonds. The van der Waals surface area contributed by atoms with Crippen molar-refractivity contribution in [1.82, 2.24) is 44.6 Å². The molecule has 113 heavy (non-hydrogen) atoms. The molecule has 0 radical (unpaired) electrons. The number of carbonyl (C=O) groups excluding carboxylic acids is 3. The van der Waals surface area contributed by atoms with Crippen LogP contribution in [0.2, 0.25) is 10.0 Å². The van der Waals surface area contributed by atoms with Gasteiger partial charge in [0.2, 0.25) is 17.3 Å². The standard InChI is InChI=1S/C26H30ClN5O5S2.C25H28ClN5O5S2.C24H27N5O5S2/c1-14-19(24-20-8-17(27)4-3-15(20)5-6-32(24)2)10-23(38-14)25(34)21-11-29-13-30-26(21)31-18-7-16(22(33)9-18)12-37-39(28,35)36;1-31-5-4-14-2-3-20(26)23(19(14)10-31)16-7-22(37-12-16)24(33)18-9-28-13-29-25(18)30-17-6-15(21(32)8-17)11-36-38(27,34)35;1-29-10-14-4-2-3-5-18(14)22(29)16-7-21(35-12-16)23(31)19-9-26-13-27-24(19)28-17-6-15(20(30)8-17)11-34-36(25,32)33/h3-4,8,10-11,13,16,18,22,24,33H,5-7,9,12H2,1-2H3,(H2,28,35,36)(H,29,30,31);2-3,7,9,12-13,15,17,21,32H,4-6,8,10-11H2,1H3,(H2,27,34,35)(H,28,29,30);2-5,7,9,12-13,15,17,20,22,30H,6,8,10-11H2,1H3,(H2,25,32,33)(H,26,27,28)/t16-,18-,22+,24?;15-,17-,21+;15-,17-,20+,22?/m111/s1. The minimum Gasteiger partial charge on any atom is -0.393 e. The van der Waals surface area contributed by atoms with Gasteiger partial charge in [-0.15, -0.1) is 34.0 Å². The number of nitrogens with zero attached hydrogens (tertiary/aromatic N) is 9. The molecular weight excluding hydrogens is 1610 g/mol. The van der Waals surface area contributed by atoms with Crippen molar-refractivity contribution in [1.29, 1.82) is 0 Å². The highest BCUT2D eigenvalue weighted by Crippen LogP contribution is 2.44. The lowest BCUT2D eigenvalue weighted by molar-refractivity contribution is 0.100. The first kappa shape index (κ1) is 83.3. The minimum absolute atomic E-state index is 0.00803. The molecule has 30 nitrogen and oxygen atoms in total. The zero-order valence-corrected chi connectivity index (χ0v) is 68.1. The van der Waals surface area contributed by atoms with E-state index in [1.54, 1.807) is 0 Å². The third-order valence-electron chi connectivity index (χ3n) is 21.3. The van der Waals surface area contributed by atoms with Crippen molar-refractivity contribution in [2.24, 2.45) is 33.2 Å². The molecule has 3 aliphatic carbocycles. The molecule has 3 aromatic carbocycles. The van der Waals surface area contributed by atoms with Gasteiger partial charge in [-0.1, -0.05) is 59.6 Å². The van der Waals surface area contributed by atoms with Crippen LogP contribution in [0.4, 0.5) is 17.5 Å². The first-order chi connectivity index (χ1) is 53.8. The van der Waals surface area contributed by atoms with Crippen LogP contribution in [0.25, 0.3) is 11.1 Å². The molecule has 11 atom stereocenters. The molecule has 3 saturated carbocycles. The lowest BCUT2D eigenvalue weighted by Crippen LogP contribution is -2.33. The van der Waals surface area contributed by atoms with E-state index in [-0.39, 0.29) is 67.4 Å². The smallest absolute Gasteiger partial charge is 0.333 e. The summed E-state index contributed by atoms with van der Waals surface area (Å²) in [5.41, 5.74) is 12.4. The van der Waals surface area contributed by atoms with Gasteiger partial charge in [0.05, 0.1) is 81.5 Å². The summed E-state index contributed by atoms with van der Waals surface area (Å²) >= 11 is 17.2. The highest BCUT2D eigenvalue weighted by atomic mass is 35.5. The highest BCUT2D eigenvalue weighted by Gasteiger charge is 2.40. The summed E-state index contributed by atoms with van der Waals surface area (Å²) < 4.78 is 80.7. The second-order valence-corrected chi connectivity index (χ2v) is 36.8. The van der Waals surface area contributed by atoms with Crippen molar-refractivity contribution in [3.63, 3.8) is 0 Å². The topological polar surface area (TPSA) is 443 Å². The van der Waals surface area contributed by atoms with Crippen LogP contribution in [-0.2, 0) is 69.4 Å². The van der Waals surface area contributed by atoms with E-state index in [9.17, 15) is 55.0 Å². The number of nitrogens with two attached hydrogens (primary N) is 3. The number of hydrogen-bond donors (Lipinski definition) is 9. The lowest BCUT2D eigenvalue weighted by Gasteiger charge is -2.35. The quantitative estimate of drug-likeness (QED) is 0.0259. The molecule has 600 valence electrons. The molecule has 9 aromatic rings. The SMILES string of the molecule is CN1CCc2ccc(Cl)c(-c3csc(C(=O)c4cncnc4N[C@@H]4C[C@H](COS(N)(=O)=O)[C@@H](O)C4)c3)c2C1.CN1Cc2ccccc2C1c1csc(C(=O)c2cncnc2N[C@@H]2C[C@H](COS(N)(=O)=O)[C@@H](O)C2)c1.Cc1sc(C(=O)c2cncnc2N[C@@H]2C[C@H](COS(N)(=O)=O)[C@@H](O)C2)cc1C1c2cc(Cl)ccc2CCN1C. The average Bonchev–Trinajstić information content (AvgIpc) is 1.72. The number of nitrogens with one attached hydrogen (secondary N) is 3. The second-order valence-electron chi connectivity index (χ2n) is 29.2. The van der Waals surface area contributed by atoms with E-state index in [1.165, 1.54) is 99.4 Å². The predicted molar refractivity (Wildman–Crippen MR) is 430 cm³/mol. The maximum absolute atomic E-state index is 13.7. The largest absolute Gasteiger partial charge is 0.393 e. The fraction of sp³-hybridized carbons (Fsp3) is 0.400. The van der Waals surface area contributed by atoms with Crippen LogP contribution in [-0.4, -0.2) is 193 Å². The van der Waals surface area contributed by atoms with Crippen LogP contribution in [0.15, 0.2) is 121 Å². The maximum Gasteiger partial charge on any atom is 0.333 e. The number of likely N-dealkylation sites (N-methyl/N-ethyl adjacent to an activating group) is 2. The minimum atomic E-state index is -4.10. The van der Waals surface area contributed by atoms with Gasteiger partial charge in [0, 0.05) is 101 Å². The van der Waals surface area contributed by atoms with Gasteiger partial charge < -0.3 is 36.2 Å². The Morgan fingerprint density at radius 2 is 1.03 bits per heavy atom. The number of aryl methyl sites for hydroxylation is 1. The van der Waals surface area contributed by atoms with Gasteiger partial charge >= 0.3 is 30.9 Å². The number of thiophene rings is 3. The van der Waals surface area contributed by atoms with Crippen LogP contribution >= 0.6 is 57.2 Å². The van der Waals surface area contributed by atoms with Gasteiger partial charge in [-0.05, 0) is 177 Å². The molecule has 6 aliphatic rings. The van der Waals surface area contributed by atoms with Gasteiger partial charge in [-0.3, -0.25) is 36.7 Å². The molecule has 0 spiro atoms. The highest BCUT2D eigenvalue weighted by molar-refractivity contribution is 7.84.